The lowest BCUT2D eigenvalue weighted by Crippen LogP contribution is -2.22. The van der Waals surface area contributed by atoms with E-state index >= 15 is 0 Å². The zero-order valence-corrected chi connectivity index (χ0v) is 18.7. The lowest BCUT2D eigenvalue weighted by atomic mass is 10.1. The fourth-order valence-electron chi connectivity index (χ4n) is 3.28. The maximum atomic E-state index is 12.7. The fraction of sp³-hybridized carbons (Fsp3) is 0.348. The zero-order valence-electron chi connectivity index (χ0n) is 18.7. The quantitative estimate of drug-likeness (QED) is 0.424. The maximum absolute atomic E-state index is 12.7. The van der Waals surface area contributed by atoms with Crippen molar-refractivity contribution in [3.63, 3.8) is 0 Å². The molecule has 3 aromatic rings. The third-order valence-corrected chi connectivity index (χ3v) is 4.99. The maximum Gasteiger partial charge on any atom is 0.422 e. The molecule has 0 saturated carbocycles. The number of alkyl halides is 3. The van der Waals surface area contributed by atoms with E-state index in [-0.39, 0.29) is 11.9 Å². The van der Waals surface area contributed by atoms with Gasteiger partial charge < -0.3 is 25.2 Å². The molecule has 9 nitrogen and oxygen atoms in total. The van der Waals surface area contributed by atoms with Crippen molar-refractivity contribution < 1.29 is 27.8 Å². The SMILES string of the molecule is OC1NCCCCOc2cccc(c2)CNc2nc(nc(OCC(F)(F)F)n2)Nc2ccc1cc2. The molecule has 0 saturated heterocycles. The van der Waals surface area contributed by atoms with Crippen LogP contribution in [0.3, 0.4) is 0 Å². The van der Waals surface area contributed by atoms with E-state index in [4.69, 9.17) is 9.47 Å². The molecule has 186 valence electrons. The molecule has 1 unspecified atom stereocenters. The van der Waals surface area contributed by atoms with Crippen LogP contribution in [0.2, 0.25) is 0 Å². The molecule has 0 fully saturated rings. The zero-order chi connectivity index (χ0) is 24.7. The van der Waals surface area contributed by atoms with E-state index in [0.29, 0.717) is 36.7 Å². The standard InChI is InChI=1S/C23H25F3N6O3/c24-23(25,26)14-35-22-31-20-28-13-15-4-3-5-18(12-15)34-11-2-1-10-27-19(33)16-6-8-17(9-7-16)29-21(30-20)32-22/h3-9,12,19,27,33H,1-2,10-11,13-14H2,(H2,28,29,30,31,32). The Bertz CT molecular complexity index is 1110. The van der Waals surface area contributed by atoms with Crippen LogP contribution < -0.4 is 25.4 Å². The number of hydrogen-bond acceptors (Lipinski definition) is 9. The van der Waals surface area contributed by atoms with E-state index in [9.17, 15) is 18.3 Å². The summed E-state index contributed by atoms with van der Waals surface area (Å²) in [5.41, 5.74) is 2.09. The molecule has 3 heterocycles. The normalized spacial score (nSPS) is 17.0. The average molecular weight is 490 g/mol. The second-order valence-electron chi connectivity index (χ2n) is 7.83. The van der Waals surface area contributed by atoms with E-state index < -0.39 is 25.0 Å². The van der Waals surface area contributed by atoms with Crippen molar-refractivity contribution in [2.75, 3.05) is 30.4 Å². The minimum Gasteiger partial charge on any atom is -0.494 e. The fourth-order valence-corrected chi connectivity index (χ4v) is 3.28. The van der Waals surface area contributed by atoms with Crippen LogP contribution in [0.5, 0.6) is 11.8 Å². The highest BCUT2D eigenvalue weighted by atomic mass is 19.4. The van der Waals surface area contributed by atoms with E-state index in [2.05, 4.69) is 30.9 Å². The van der Waals surface area contributed by atoms with Crippen LogP contribution in [0.1, 0.15) is 30.2 Å². The molecule has 1 atom stereocenters. The van der Waals surface area contributed by atoms with Crippen LogP contribution in [0, 0.1) is 0 Å². The highest BCUT2D eigenvalue weighted by Crippen LogP contribution is 2.22. The second kappa shape index (κ2) is 11.2. The lowest BCUT2D eigenvalue weighted by molar-refractivity contribution is -0.154. The Kier molecular flexibility index (Phi) is 7.83. The summed E-state index contributed by atoms with van der Waals surface area (Å²) in [6.45, 7) is -0.0979. The Morgan fingerprint density at radius 1 is 1.03 bits per heavy atom. The number of aromatic nitrogens is 3. The first-order valence-electron chi connectivity index (χ1n) is 11.0. The van der Waals surface area contributed by atoms with Crippen LogP contribution in [0.25, 0.3) is 0 Å². The number of halogens is 3. The largest absolute Gasteiger partial charge is 0.494 e. The summed E-state index contributed by atoms with van der Waals surface area (Å²) in [7, 11) is 0. The van der Waals surface area contributed by atoms with Gasteiger partial charge in [0.15, 0.2) is 6.61 Å². The summed E-state index contributed by atoms with van der Waals surface area (Å²) < 4.78 is 48.5. The van der Waals surface area contributed by atoms with Gasteiger partial charge in [0.1, 0.15) is 12.0 Å². The first-order chi connectivity index (χ1) is 16.8. The minimum atomic E-state index is -4.54. The number of anilines is 3. The van der Waals surface area contributed by atoms with Gasteiger partial charge in [-0.05, 0) is 54.8 Å². The summed E-state index contributed by atoms with van der Waals surface area (Å²) in [5, 5.41) is 19.3. The Labute approximate surface area is 199 Å². The van der Waals surface area contributed by atoms with E-state index in [1.807, 2.05) is 24.3 Å². The first-order valence-corrected chi connectivity index (χ1v) is 11.0. The summed E-state index contributed by atoms with van der Waals surface area (Å²) >= 11 is 0. The Morgan fingerprint density at radius 3 is 2.63 bits per heavy atom. The van der Waals surface area contributed by atoms with Gasteiger partial charge in [-0.25, -0.2) is 0 Å². The van der Waals surface area contributed by atoms with E-state index in [1.54, 1.807) is 24.3 Å². The summed E-state index contributed by atoms with van der Waals surface area (Å²) in [5.74, 6) is 0.729. The molecule has 0 spiro atoms. The number of nitrogens with one attached hydrogen (secondary N) is 3. The summed E-state index contributed by atoms with van der Waals surface area (Å²) in [6, 6.07) is 13.8. The van der Waals surface area contributed by atoms with Crippen molar-refractivity contribution in [1.82, 2.24) is 20.3 Å². The van der Waals surface area contributed by atoms with E-state index in [0.717, 1.165) is 18.4 Å². The molecule has 2 aliphatic rings. The Morgan fingerprint density at radius 2 is 1.83 bits per heavy atom. The Balaban J connectivity index is 1.60. The number of aliphatic hydroxyl groups excluding tert-OH is 1. The molecule has 0 radical (unpaired) electrons. The first kappa shape index (κ1) is 24.5. The van der Waals surface area contributed by atoms with Crippen molar-refractivity contribution >= 4 is 17.6 Å². The van der Waals surface area contributed by atoms with Gasteiger partial charge in [0.2, 0.25) is 11.9 Å². The number of benzene rings is 2. The van der Waals surface area contributed by atoms with Crippen molar-refractivity contribution in [2.45, 2.75) is 31.8 Å². The third kappa shape index (κ3) is 7.69. The van der Waals surface area contributed by atoms with Crippen LogP contribution in [-0.4, -0.2) is 46.0 Å². The van der Waals surface area contributed by atoms with Gasteiger partial charge in [-0.15, -0.1) is 0 Å². The molecule has 12 heteroatoms. The molecule has 4 N–H and O–H groups in total. The minimum absolute atomic E-state index is 0.00224. The monoisotopic (exact) mass is 490 g/mol. The van der Waals surface area contributed by atoms with Gasteiger partial charge in [-0.1, -0.05) is 24.3 Å². The van der Waals surface area contributed by atoms with Crippen molar-refractivity contribution in [1.29, 1.82) is 0 Å². The molecule has 0 aliphatic carbocycles. The van der Waals surface area contributed by atoms with Gasteiger partial charge in [-0.2, -0.15) is 28.1 Å². The highest BCUT2D eigenvalue weighted by molar-refractivity contribution is 5.55. The predicted octanol–water partition coefficient (Wildman–Crippen LogP) is 3.92. The number of hydrogen-bond donors (Lipinski definition) is 4. The molecule has 35 heavy (non-hydrogen) atoms. The number of nitrogens with zero attached hydrogens (tertiary/aromatic N) is 3. The lowest BCUT2D eigenvalue weighted by Gasteiger charge is -2.15. The average Bonchev–Trinajstić information content (AvgIpc) is 2.83. The van der Waals surface area contributed by atoms with Gasteiger partial charge >= 0.3 is 12.2 Å². The predicted molar refractivity (Wildman–Crippen MR) is 123 cm³/mol. The van der Waals surface area contributed by atoms with Gasteiger partial charge in [0.05, 0.1) is 6.61 Å². The van der Waals surface area contributed by atoms with Gasteiger partial charge in [0.25, 0.3) is 0 Å². The number of fused-ring (bicyclic) bond motifs is 9. The molecule has 0 amide bonds. The summed E-state index contributed by atoms with van der Waals surface area (Å²) in [4.78, 5) is 12.1. The highest BCUT2D eigenvalue weighted by Gasteiger charge is 2.29. The third-order valence-electron chi connectivity index (χ3n) is 4.99. The Hall–Kier alpha value is -3.64. The number of aliphatic hydroxyl groups is 1. The molecule has 2 aromatic carbocycles. The topological polar surface area (TPSA) is 113 Å². The second-order valence-corrected chi connectivity index (χ2v) is 7.83. The van der Waals surface area contributed by atoms with Crippen LogP contribution in [0.15, 0.2) is 48.5 Å². The van der Waals surface area contributed by atoms with Crippen LogP contribution >= 0.6 is 0 Å². The van der Waals surface area contributed by atoms with Crippen LogP contribution in [-0.2, 0) is 6.54 Å². The van der Waals surface area contributed by atoms with Crippen molar-refractivity contribution in [3.05, 3.63) is 59.7 Å². The molecule has 1 aromatic heterocycles. The smallest absolute Gasteiger partial charge is 0.422 e. The van der Waals surface area contributed by atoms with Crippen LogP contribution in [0.4, 0.5) is 30.8 Å². The van der Waals surface area contributed by atoms with Gasteiger partial charge in [-0.3, -0.25) is 5.32 Å². The number of rotatable bonds is 2. The molecule has 6 bridgehead atoms. The molecule has 2 aliphatic heterocycles. The van der Waals surface area contributed by atoms with Gasteiger partial charge in [0, 0.05) is 12.2 Å². The molecular formula is C23H25F3N6O3. The molecule has 5 rings (SSSR count). The number of ether oxygens (including phenoxy) is 2. The van der Waals surface area contributed by atoms with Crippen molar-refractivity contribution in [3.8, 4) is 11.8 Å². The van der Waals surface area contributed by atoms with E-state index in [1.165, 1.54) is 0 Å². The molecular weight excluding hydrogens is 465 g/mol. The van der Waals surface area contributed by atoms with Crippen molar-refractivity contribution in [2.24, 2.45) is 0 Å². The summed E-state index contributed by atoms with van der Waals surface area (Å²) in [6.07, 6.45) is -3.75.